The quantitative estimate of drug-likeness (QED) is 0.190. The molecule has 0 aliphatic carbocycles. The number of nitrogens with zero attached hydrogens (tertiary/aromatic N) is 3. The molecular weight excluding hydrogens is 154 g/mol. The number of rotatable bonds is 7. The van der Waals surface area contributed by atoms with Crippen LogP contribution < -0.4 is 0 Å². The Labute approximate surface area is 72.6 Å². The van der Waals surface area contributed by atoms with Crippen LogP contribution in [0.1, 0.15) is 39.0 Å². The third kappa shape index (κ3) is 5.74. The molecule has 0 N–H and O–H groups in total. The third-order valence-corrected chi connectivity index (χ3v) is 1.70. The van der Waals surface area contributed by atoms with Crippen molar-refractivity contribution in [2.24, 2.45) is 5.11 Å². The van der Waals surface area contributed by atoms with Gasteiger partial charge in [0.2, 0.25) is 0 Å². The molecule has 0 fully saturated rings. The van der Waals surface area contributed by atoms with Crippen molar-refractivity contribution in [3.63, 3.8) is 0 Å². The fraction of sp³-hybridized carbons (Fsp3) is 0.875. The van der Waals surface area contributed by atoms with Crippen LogP contribution in [0.4, 0.5) is 0 Å². The summed E-state index contributed by atoms with van der Waals surface area (Å²) in [5.74, 6) is 0. The molecule has 0 aliphatic rings. The average molecular weight is 169 g/mol. The fourth-order valence-electron chi connectivity index (χ4n) is 1.10. The van der Waals surface area contributed by atoms with Gasteiger partial charge in [-0.05, 0) is 24.8 Å². The van der Waals surface area contributed by atoms with Crippen LogP contribution >= 0.6 is 0 Å². The second-order valence-corrected chi connectivity index (χ2v) is 2.74. The van der Waals surface area contributed by atoms with Gasteiger partial charge in [-0.1, -0.05) is 18.5 Å². The van der Waals surface area contributed by atoms with Gasteiger partial charge in [-0.25, -0.2) is 0 Å². The van der Waals surface area contributed by atoms with E-state index < -0.39 is 0 Å². The van der Waals surface area contributed by atoms with Crippen molar-refractivity contribution in [2.45, 2.75) is 45.1 Å². The molecule has 1 unspecified atom stereocenters. The normalized spacial score (nSPS) is 11.8. The first-order valence-corrected chi connectivity index (χ1v) is 4.33. The lowest BCUT2D eigenvalue weighted by molar-refractivity contribution is -0.107. The van der Waals surface area contributed by atoms with E-state index in [1.54, 1.807) is 0 Å². The number of carbonyl (C=O) groups excluding carboxylic acids is 1. The van der Waals surface area contributed by atoms with Crippen LogP contribution in [0.5, 0.6) is 0 Å². The van der Waals surface area contributed by atoms with Gasteiger partial charge in [0.05, 0.1) is 0 Å². The van der Waals surface area contributed by atoms with Crippen LogP contribution in [-0.2, 0) is 4.79 Å². The lowest BCUT2D eigenvalue weighted by Crippen LogP contribution is -2.02. The Hall–Kier alpha value is -1.02. The maximum absolute atomic E-state index is 10.00. The zero-order valence-electron chi connectivity index (χ0n) is 7.44. The van der Waals surface area contributed by atoms with Crippen molar-refractivity contribution in [3.8, 4) is 0 Å². The molecule has 0 bridgehead atoms. The second-order valence-electron chi connectivity index (χ2n) is 2.74. The summed E-state index contributed by atoms with van der Waals surface area (Å²) in [6.45, 7) is 2.06. The van der Waals surface area contributed by atoms with Gasteiger partial charge in [0, 0.05) is 17.4 Å². The predicted octanol–water partition coefficient (Wildman–Crippen LogP) is 2.83. The van der Waals surface area contributed by atoms with Crippen molar-refractivity contribution in [1.29, 1.82) is 0 Å². The fourth-order valence-corrected chi connectivity index (χ4v) is 1.10. The predicted molar refractivity (Wildman–Crippen MR) is 47.8 cm³/mol. The summed E-state index contributed by atoms with van der Waals surface area (Å²) >= 11 is 0. The summed E-state index contributed by atoms with van der Waals surface area (Å²) in [4.78, 5) is 12.8. The van der Waals surface area contributed by atoms with Crippen molar-refractivity contribution < 1.29 is 4.79 Å². The summed E-state index contributed by atoms with van der Waals surface area (Å²) in [5.41, 5.74) is 8.21. The Balaban J connectivity index is 3.62. The highest BCUT2D eigenvalue weighted by atomic mass is 16.1. The zero-order chi connectivity index (χ0) is 9.23. The third-order valence-electron chi connectivity index (χ3n) is 1.70. The van der Waals surface area contributed by atoms with Crippen molar-refractivity contribution in [3.05, 3.63) is 10.4 Å². The minimum Gasteiger partial charge on any atom is -0.303 e. The molecule has 0 saturated heterocycles. The first-order chi connectivity index (χ1) is 5.85. The van der Waals surface area contributed by atoms with Gasteiger partial charge < -0.3 is 4.79 Å². The molecule has 0 aromatic heterocycles. The highest BCUT2D eigenvalue weighted by Gasteiger charge is 2.03. The standard InChI is InChI=1S/C8H15N3O/c1-2-5-8(10-11-9)6-3-4-7-12/h7-8H,2-6H2,1H3. The zero-order valence-corrected chi connectivity index (χ0v) is 7.44. The topological polar surface area (TPSA) is 65.8 Å². The molecule has 1 atom stereocenters. The summed E-state index contributed by atoms with van der Waals surface area (Å²) in [6.07, 6.45) is 5.07. The molecule has 68 valence electrons. The van der Waals surface area contributed by atoms with E-state index in [4.69, 9.17) is 5.53 Å². The number of hydrogen-bond donors (Lipinski definition) is 0. The van der Waals surface area contributed by atoms with Crippen LogP contribution in [0, 0.1) is 0 Å². The molecule has 0 saturated carbocycles. The average Bonchev–Trinajstić information content (AvgIpc) is 2.06. The minimum absolute atomic E-state index is 0.0833. The van der Waals surface area contributed by atoms with Gasteiger partial charge in [-0.3, -0.25) is 0 Å². The maximum atomic E-state index is 10.00. The van der Waals surface area contributed by atoms with E-state index in [9.17, 15) is 4.79 Å². The monoisotopic (exact) mass is 169 g/mol. The summed E-state index contributed by atoms with van der Waals surface area (Å²) in [7, 11) is 0. The summed E-state index contributed by atoms with van der Waals surface area (Å²) in [5, 5.41) is 3.65. The summed E-state index contributed by atoms with van der Waals surface area (Å²) < 4.78 is 0. The molecule has 0 aromatic rings. The van der Waals surface area contributed by atoms with Crippen molar-refractivity contribution in [1.82, 2.24) is 0 Å². The highest BCUT2D eigenvalue weighted by molar-refractivity contribution is 5.48. The Morgan fingerprint density at radius 3 is 2.83 bits per heavy atom. The SMILES string of the molecule is CCCC(CCCC=O)N=[N+]=[N-]. The van der Waals surface area contributed by atoms with E-state index in [2.05, 4.69) is 16.9 Å². The van der Waals surface area contributed by atoms with Crippen LogP contribution in [0.2, 0.25) is 0 Å². The molecule has 0 rings (SSSR count). The molecule has 4 nitrogen and oxygen atoms in total. The van der Waals surface area contributed by atoms with Crippen LogP contribution in [-0.4, -0.2) is 12.3 Å². The number of carbonyl (C=O) groups is 1. The first kappa shape index (κ1) is 11.0. The number of azide groups is 1. The van der Waals surface area contributed by atoms with Crippen LogP contribution in [0.25, 0.3) is 10.4 Å². The Bertz CT molecular complexity index is 164. The molecule has 0 spiro atoms. The minimum atomic E-state index is 0.0833. The molecule has 0 radical (unpaired) electrons. The first-order valence-electron chi connectivity index (χ1n) is 4.33. The Kier molecular flexibility index (Phi) is 7.39. The van der Waals surface area contributed by atoms with Crippen molar-refractivity contribution >= 4 is 6.29 Å². The molecule has 0 amide bonds. The van der Waals surface area contributed by atoms with E-state index in [0.29, 0.717) is 6.42 Å². The maximum Gasteiger partial charge on any atom is 0.119 e. The Morgan fingerprint density at radius 2 is 2.33 bits per heavy atom. The van der Waals surface area contributed by atoms with Gasteiger partial charge in [0.1, 0.15) is 6.29 Å². The van der Waals surface area contributed by atoms with Gasteiger partial charge in [0.25, 0.3) is 0 Å². The number of unbranched alkanes of at least 4 members (excludes halogenated alkanes) is 1. The van der Waals surface area contributed by atoms with Gasteiger partial charge in [-0.15, -0.1) is 0 Å². The molecule has 0 aromatic carbocycles. The van der Waals surface area contributed by atoms with E-state index in [0.717, 1.165) is 32.0 Å². The van der Waals surface area contributed by atoms with Gasteiger partial charge in [0.15, 0.2) is 0 Å². The van der Waals surface area contributed by atoms with Gasteiger partial charge >= 0.3 is 0 Å². The van der Waals surface area contributed by atoms with Crippen LogP contribution in [0.3, 0.4) is 0 Å². The summed E-state index contributed by atoms with van der Waals surface area (Å²) in [6, 6.07) is 0.0833. The smallest absolute Gasteiger partial charge is 0.119 e. The molecule has 0 aliphatic heterocycles. The van der Waals surface area contributed by atoms with Crippen LogP contribution in [0.15, 0.2) is 5.11 Å². The number of hydrogen-bond acceptors (Lipinski definition) is 2. The lowest BCUT2D eigenvalue weighted by Gasteiger charge is -2.06. The molecule has 0 heterocycles. The molecule has 12 heavy (non-hydrogen) atoms. The van der Waals surface area contributed by atoms with E-state index >= 15 is 0 Å². The second kappa shape index (κ2) is 8.08. The van der Waals surface area contributed by atoms with Crippen molar-refractivity contribution in [2.75, 3.05) is 0 Å². The highest BCUT2D eigenvalue weighted by Crippen LogP contribution is 2.10. The van der Waals surface area contributed by atoms with E-state index in [1.165, 1.54) is 0 Å². The molecule has 4 heteroatoms. The Morgan fingerprint density at radius 1 is 1.58 bits per heavy atom. The molecular formula is C8H15N3O. The van der Waals surface area contributed by atoms with E-state index in [1.807, 2.05) is 0 Å². The number of aldehydes is 1. The van der Waals surface area contributed by atoms with E-state index in [-0.39, 0.29) is 6.04 Å². The lowest BCUT2D eigenvalue weighted by atomic mass is 10.1. The largest absolute Gasteiger partial charge is 0.303 e. The van der Waals surface area contributed by atoms with Gasteiger partial charge in [-0.2, -0.15) is 0 Å².